The molecule has 1 saturated heterocycles. The van der Waals surface area contributed by atoms with Gasteiger partial charge in [0.25, 0.3) is 5.91 Å². The van der Waals surface area contributed by atoms with Crippen LogP contribution < -0.4 is 5.32 Å². The summed E-state index contributed by atoms with van der Waals surface area (Å²) in [6, 6.07) is 11.0. The van der Waals surface area contributed by atoms with Gasteiger partial charge in [-0.05, 0) is 69.2 Å². The van der Waals surface area contributed by atoms with E-state index in [9.17, 15) is 23.2 Å². The van der Waals surface area contributed by atoms with Gasteiger partial charge in [0.1, 0.15) is 17.2 Å². The van der Waals surface area contributed by atoms with Crippen molar-refractivity contribution in [1.29, 1.82) is 0 Å². The number of hydrogen-bond acceptors (Lipinski definition) is 3. The minimum atomic E-state index is -1.40. The lowest BCUT2D eigenvalue weighted by molar-refractivity contribution is -0.130. The van der Waals surface area contributed by atoms with Crippen LogP contribution in [-0.2, 0) is 10.3 Å². The molecule has 2 heterocycles. The third-order valence-electron chi connectivity index (χ3n) is 6.14. The molecule has 0 saturated carbocycles. The maximum atomic E-state index is 14.1. The highest BCUT2D eigenvalue weighted by atomic mass is 19.1. The lowest BCUT2D eigenvalue weighted by Crippen LogP contribution is -2.41. The molecule has 4 rings (SSSR count). The Balaban J connectivity index is 1.61. The van der Waals surface area contributed by atoms with Gasteiger partial charge in [-0.25, -0.2) is 13.6 Å². The number of halogens is 2. The number of amides is 3. The van der Waals surface area contributed by atoms with Gasteiger partial charge in [-0.2, -0.15) is 0 Å². The monoisotopic (exact) mass is 451 g/mol. The number of nitrogens with zero attached hydrogens (tertiary/aromatic N) is 2. The van der Waals surface area contributed by atoms with Crippen molar-refractivity contribution in [1.82, 2.24) is 14.8 Å². The topological polar surface area (TPSA) is 71.4 Å². The van der Waals surface area contributed by atoms with E-state index in [4.69, 9.17) is 0 Å². The average Bonchev–Trinajstić information content (AvgIpc) is 3.18. The molecule has 0 aliphatic carbocycles. The van der Waals surface area contributed by atoms with E-state index in [1.807, 2.05) is 0 Å². The summed E-state index contributed by atoms with van der Waals surface area (Å²) in [6.45, 7) is 6.26. The lowest BCUT2D eigenvalue weighted by Gasteiger charge is -2.22. The number of carbonyl (C=O) groups excluding carboxylic acids is 3. The van der Waals surface area contributed by atoms with Crippen LogP contribution in [0, 0.1) is 32.4 Å². The second kappa shape index (κ2) is 7.95. The first-order chi connectivity index (χ1) is 15.5. The van der Waals surface area contributed by atoms with E-state index < -0.39 is 35.6 Å². The summed E-state index contributed by atoms with van der Waals surface area (Å²) >= 11 is 0. The molecule has 6 nitrogen and oxygen atoms in total. The van der Waals surface area contributed by atoms with E-state index in [2.05, 4.69) is 5.32 Å². The average molecular weight is 451 g/mol. The highest BCUT2D eigenvalue weighted by molar-refractivity contribution is 6.11. The van der Waals surface area contributed by atoms with Crippen LogP contribution in [0.4, 0.5) is 13.6 Å². The summed E-state index contributed by atoms with van der Waals surface area (Å²) in [5.74, 6) is -1.84. The Labute approximate surface area is 189 Å². The third kappa shape index (κ3) is 3.71. The lowest BCUT2D eigenvalue weighted by atomic mass is 9.92. The van der Waals surface area contributed by atoms with Crippen molar-refractivity contribution in [2.75, 3.05) is 6.54 Å². The quantitative estimate of drug-likeness (QED) is 0.464. The Kier molecular flexibility index (Phi) is 5.40. The molecule has 1 aromatic heterocycles. The van der Waals surface area contributed by atoms with Crippen LogP contribution in [0.15, 0.2) is 48.5 Å². The van der Waals surface area contributed by atoms with E-state index in [0.717, 1.165) is 4.90 Å². The van der Waals surface area contributed by atoms with E-state index in [0.29, 0.717) is 33.8 Å². The largest absolute Gasteiger partial charge is 0.325 e. The third-order valence-corrected chi connectivity index (χ3v) is 6.14. The number of imide groups is 1. The van der Waals surface area contributed by atoms with Gasteiger partial charge >= 0.3 is 6.03 Å². The van der Waals surface area contributed by atoms with Gasteiger partial charge in [0.05, 0.1) is 6.54 Å². The molecule has 1 fully saturated rings. The number of urea groups is 1. The number of ketones is 1. The highest BCUT2D eigenvalue weighted by Gasteiger charge is 2.49. The van der Waals surface area contributed by atoms with Crippen LogP contribution in [0.25, 0.3) is 5.69 Å². The maximum absolute atomic E-state index is 14.1. The van der Waals surface area contributed by atoms with Crippen molar-refractivity contribution < 1.29 is 23.2 Å². The molecule has 1 atom stereocenters. The Bertz CT molecular complexity index is 1300. The molecule has 1 aliphatic heterocycles. The fraction of sp³-hybridized carbons (Fsp3) is 0.240. The second-order valence-corrected chi connectivity index (χ2v) is 8.43. The molecule has 1 N–H and O–H groups in total. The van der Waals surface area contributed by atoms with Crippen molar-refractivity contribution in [2.24, 2.45) is 0 Å². The number of nitrogens with one attached hydrogen (secondary N) is 1. The second-order valence-electron chi connectivity index (χ2n) is 8.43. The van der Waals surface area contributed by atoms with Crippen LogP contribution >= 0.6 is 0 Å². The molecule has 1 aliphatic rings. The summed E-state index contributed by atoms with van der Waals surface area (Å²) in [6.07, 6.45) is 0. The number of hydrogen-bond donors (Lipinski definition) is 1. The number of Topliss-reactive ketones (excluding diaryl/α,β-unsaturated/α-hetero) is 1. The fourth-order valence-electron chi connectivity index (χ4n) is 4.21. The van der Waals surface area contributed by atoms with Gasteiger partial charge in [-0.3, -0.25) is 14.5 Å². The predicted molar refractivity (Wildman–Crippen MR) is 118 cm³/mol. The summed E-state index contributed by atoms with van der Waals surface area (Å²) in [4.78, 5) is 39.6. The smallest absolute Gasteiger partial charge is 0.319 e. The maximum Gasteiger partial charge on any atom is 0.325 e. The first kappa shape index (κ1) is 22.4. The van der Waals surface area contributed by atoms with Gasteiger partial charge in [0, 0.05) is 22.6 Å². The number of aryl methyl sites for hydroxylation is 2. The number of aromatic nitrogens is 1. The molecular weight excluding hydrogens is 428 g/mol. The zero-order valence-corrected chi connectivity index (χ0v) is 18.7. The van der Waals surface area contributed by atoms with E-state index in [1.54, 1.807) is 43.5 Å². The molecule has 0 radical (unpaired) electrons. The Hall–Kier alpha value is -3.81. The van der Waals surface area contributed by atoms with Crippen molar-refractivity contribution in [3.63, 3.8) is 0 Å². The fourth-order valence-corrected chi connectivity index (χ4v) is 4.21. The van der Waals surface area contributed by atoms with Crippen molar-refractivity contribution in [2.45, 2.75) is 33.2 Å². The van der Waals surface area contributed by atoms with Crippen LogP contribution in [0.1, 0.15) is 39.8 Å². The van der Waals surface area contributed by atoms with E-state index in [1.165, 1.54) is 37.3 Å². The Morgan fingerprint density at radius 1 is 1.00 bits per heavy atom. The molecule has 1 unspecified atom stereocenters. The first-order valence-corrected chi connectivity index (χ1v) is 10.4. The molecule has 8 heteroatoms. The van der Waals surface area contributed by atoms with Gasteiger partial charge in [0.15, 0.2) is 5.78 Å². The van der Waals surface area contributed by atoms with Crippen LogP contribution in [-0.4, -0.2) is 33.7 Å². The van der Waals surface area contributed by atoms with Gasteiger partial charge in [-0.15, -0.1) is 0 Å². The predicted octanol–water partition coefficient (Wildman–Crippen LogP) is 4.33. The zero-order chi connectivity index (χ0) is 24.1. The molecule has 33 heavy (non-hydrogen) atoms. The minimum absolute atomic E-state index is 0.337. The number of carbonyl (C=O) groups is 3. The molecular formula is C25H23F2N3O3. The van der Waals surface area contributed by atoms with Crippen LogP contribution in [0.3, 0.4) is 0 Å². The summed E-state index contributed by atoms with van der Waals surface area (Å²) in [5.41, 5.74) is 1.73. The van der Waals surface area contributed by atoms with Crippen molar-refractivity contribution >= 4 is 17.7 Å². The number of rotatable bonds is 5. The molecule has 170 valence electrons. The SMILES string of the molecule is Cc1ccc(-n2c(C)cc(C(=O)CN3C(=O)NC(C)(c4ccc(F)cc4)C3=O)c2C)cc1F. The molecule has 0 bridgehead atoms. The van der Waals surface area contributed by atoms with Crippen molar-refractivity contribution in [3.8, 4) is 5.69 Å². The first-order valence-electron chi connectivity index (χ1n) is 10.4. The van der Waals surface area contributed by atoms with Crippen molar-refractivity contribution in [3.05, 3.63) is 88.2 Å². The van der Waals surface area contributed by atoms with E-state index >= 15 is 0 Å². The van der Waals surface area contributed by atoms with Crippen LogP contribution in [0.5, 0.6) is 0 Å². The Morgan fingerprint density at radius 3 is 2.30 bits per heavy atom. The molecule has 3 amide bonds. The summed E-state index contributed by atoms with van der Waals surface area (Å²) in [5, 5.41) is 2.61. The normalized spacial score (nSPS) is 18.1. The summed E-state index contributed by atoms with van der Waals surface area (Å²) in [7, 11) is 0. The number of benzene rings is 2. The van der Waals surface area contributed by atoms with Gasteiger partial charge in [-0.1, -0.05) is 18.2 Å². The van der Waals surface area contributed by atoms with Gasteiger partial charge in [0.2, 0.25) is 0 Å². The molecule has 3 aromatic rings. The summed E-state index contributed by atoms with van der Waals surface area (Å²) < 4.78 is 29.1. The Morgan fingerprint density at radius 2 is 1.67 bits per heavy atom. The standard InChI is InChI=1S/C25H23F2N3O3/c1-14-5-10-19(12-21(14)27)30-15(2)11-20(16(30)3)22(31)13-29-23(32)25(4,28-24(29)33)17-6-8-18(26)9-7-17/h5-12H,13H2,1-4H3,(H,28,33). The highest BCUT2D eigenvalue weighted by Crippen LogP contribution is 2.30. The van der Waals surface area contributed by atoms with E-state index in [-0.39, 0.29) is 5.82 Å². The molecule has 0 spiro atoms. The van der Waals surface area contributed by atoms with Gasteiger partial charge < -0.3 is 9.88 Å². The minimum Gasteiger partial charge on any atom is -0.319 e. The zero-order valence-electron chi connectivity index (χ0n) is 18.7. The molecule has 2 aromatic carbocycles. The van der Waals surface area contributed by atoms with Crippen LogP contribution in [0.2, 0.25) is 0 Å².